The Kier molecular flexibility index (Phi) is 4.75. The van der Waals surface area contributed by atoms with Gasteiger partial charge in [-0.15, -0.1) is 0 Å². The highest BCUT2D eigenvalue weighted by Crippen LogP contribution is 2.23. The minimum absolute atomic E-state index is 0.197. The Bertz CT molecular complexity index is 232. The lowest BCUT2D eigenvalue weighted by Gasteiger charge is -2.17. The molecule has 0 amide bonds. The summed E-state index contributed by atoms with van der Waals surface area (Å²) in [5.41, 5.74) is -1.18. The van der Waals surface area contributed by atoms with E-state index in [0.717, 1.165) is 0 Å². The van der Waals surface area contributed by atoms with Crippen molar-refractivity contribution in [1.29, 1.82) is 5.26 Å². The van der Waals surface area contributed by atoms with Gasteiger partial charge in [0.1, 0.15) is 6.29 Å². The summed E-state index contributed by atoms with van der Waals surface area (Å²) in [5, 5.41) is 8.74. The summed E-state index contributed by atoms with van der Waals surface area (Å²) in [4.78, 5) is 21.3. The van der Waals surface area contributed by atoms with Gasteiger partial charge in [0.2, 0.25) is 0 Å². The zero-order chi connectivity index (χ0) is 10.3. The molecule has 0 rings (SSSR count). The molecule has 0 aromatic carbocycles. The molecule has 1 unspecified atom stereocenters. The van der Waals surface area contributed by atoms with Gasteiger partial charge in [-0.25, -0.2) is 0 Å². The molecule has 0 heterocycles. The van der Waals surface area contributed by atoms with E-state index in [2.05, 4.69) is 0 Å². The number of esters is 1. The van der Waals surface area contributed by atoms with E-state index in [1.807, 2.05) is 6.07 Å². The van der Waals surface area contributed by atoms with E-state index in [1.165, 1.54) is 6.92 Å². The van der Waals surface area contributed by atoms with Gasteiger partial charge in [0, 0.05) is 6.42 Å². The minimum atomic E-state index is -1.18. The molecular formula is C9H13NO3. The van der Waals surface area contributed by atoms with Crippen molar-refractivity contribution >= 4 is 12.3 Å². The van der Waals surface area contributed by atoms with Crippen molar-refractivity contribution in [2.45, 2.75) is 26.7 Å². The molecule has 0 spiro atoms. The van der Waals surface area contributed by atoms with Crippen LogP contribution in [0.4, 0.5) is 0 Å². The number of rotatable bonds is 5. The van der Waals surface area contributed by atoms with Crippen molar-refractivity contribution in [2.75, 3.05) is 6.61 Å². The smallest absolute Gasteiger partial charge is 0.326 e. The Morgan fingerprint density at radius 2 is 2.31 bits per heavy atom. The third-order valence-corrected chi connectivity index (χ3v) is 1.73. The molecule has 13 heavy (non-hydrogen) atoms. The van der Waals surface area contributed by atoms with Crippen molar-refractivity contribution in [1.82, 2.24) is 0 Å². The van der Waals surface area contributed by atoms with Crippen molar-refractivity contribution in [2.24, 2.45) is 5.41 Å². The normalized spacial score (nSPS) is 13.9. The molecule has 0 aromatic rings. The third-order valence-electron chi connectivity index (χ3n) is 1.73. The lowest BCUT2D eigenvalue weighted by atomic mass is 9.87. The lowest BCUT2D eigenvalue weighted by Crippen LogP contribution is -2.28. The second-order valence-electron chi connectivity index (χ2n) is 2.87. The molecule has 0 radical (unpaired) electrons. The van der Waals surface area contributed by atoms with Crippen LogP contribution >= 0.6 is 0 Å². The molecule has 4 heteroatoms. The minimum Gasteiger partial charge on any atom is -0.465 e. The van der Waals surface area contributed by atoms with E-state index < -0.39 is 11.4 Å². The van der Waals surface area contributed by atoms with Crippen LogP contribution in [0.25, 0.3) is 0 Å². The topological polar surface area (TPSA) is 67.2 Å². The maximum Gasteiger partial charge on any atom is 0.326 e. The van der Waals surface area contributed by atoms with Crippen LogP contribution in [0.1, 0.15) is 26.7 Å². The first-order valence-electron chi connectivity index (χ1n) is 4.13. The Balaban J connectivity index is 4.35. The number of ether oxygens (including phenoxy) is 1. The largest absolute Gasteiger partial charge is 0.465 e. The molecule has 72 valence electrons. The van der Waals surface area contributed by atoms with Crippen LogP contribution in [0.15, 0.2) is 0 Å². The number of nitrogens with zero attached hydrogens (tertiary/aromatic N) is 1. The lowest BCUT2D eigenvalue weighted by molar-refractivity contribution is -0.151. The van der Waals surface area contributed by atoms with Gasteiger partial charge >= 0.3 is 5.97 Å². The second kappa shape index (κ2) is 5.31. The SMILES string of the molecule is CCOC(=O)C(C)(C#N)CCC=O. The maximum atomic E-state index is 11.2. The van der Waals surface area contributed by atoms with Gasteiger partial charge in [-0.05, 0) is 20.3 Å². The Morgan fingerprint density at radius 1 is 1.69 bits per heavy atom. The fourth-order valence-corrected chi connectivity index (χ4v) is 0.842. The van der Waals surface area contributed by atoms with Crippen LogP contribution in [0.5, 0.6) is 0 Å². The average molecular weight is 183 g/mol. The van der Waals surface area contributed by atoms with Crippen molar-refractivity contribution in [3.63, 3.8) is 0 Å². The summed E-state index contributed by atoms with van der Waals surface area (Å²) in [6.45, 7) is 3.40. The highest BCUT2D eigenvalue weighted by atomic mass is 16.5. The van der Waals surface area contributed by atoms with E-state index in [1.54, 1.807) is 6.92 Å². The number of carbonyl (C=O) groups excluding carboxylic acids is 2. The summed E-state index contributed by atoms with van der Waals surface area (Å²) in [5.74, 6) is -0.556. The third kappa shape index (κ3) is 3.24. The average Bonchev–Trinajstić information content (AvgIpc) is 2.14. The molecule has 1 atom stereocenters. The van der Waals surface area contributed by atoms with Gasteiger partial charge < -0.3 is 9.53 Å². The fraction of sp³-hybridized carbons (Fsp3) is 0.667. The van der Waals surface area contributed by atoms with Gasteiger partial charge in [0.05, 0.1) is 12.7 Å². The molecule has 0 N–H and O–H groups in total. The molecule has 0 aliphatic carbocycles. The van der Waals surface area contributed by atoms with E-state index in [-0.39, 0.29) is 19.4 Å². The molecule has 0 aliphatic rings. The number of aldehydes is 1. The number of nitriles is 1. The second-order valence-corrected chi connectivity index (χ2v) is 2.87. The predicted molar refractivity (Wildman–Crippen MR) is 45.7 cm³/mol. The van der Waals surface area contributed by atoms with Crippen molar-refractivity contribution in [3.8, 4) is 6.07 Å². The molecular weight excluding hydrogens is 170 g/mol. The number of hydrogen-bond donors (Lipinski definition) is 0. The molecule has 4 nitrogen and oxygen atoms in total. The van der Waals surface area contributed by atoms with E-state index in [9.17, 15) is 9.59 Å². The molecule has 0 aliphatic heterocycles. The van der Waals surface area contributed by atoms with Crippen LogP contribution in [0, 0.1) is 16.7 Å². The number of carbonyl (C=O) groups is 2. The maximum absolute atomic E-state index is 11.2. The molecule has 0 fully saturated rings. The zero-order valence-corrected chi connectivity index (χ0v) is 7.87. The first kappa shape index (κ1) is 11.6. The molecule has 0 saturated heterocycles. The van der Waals surface area contributed by atoms with E-state index in [4.69, 9.17) is 10.00 Å². The van der Waals surface area contributed by atoms with Gasteiger partial charge in [0.15, 0.2) is 5.41 Å². The summed E-state index contributed by atoms with van der Waals surface area (Å²) in [6, 6.07) is 1.86. The molecule has 0 saturated carbocycles. The monoisotopic (exact) mass is 183 g/mol. The quantitative estimate of drug-likeness (QED) is 0.472. The van der Waals surface area contributed by atoms with E-state index >= 15 is 0 Å². The van der Waals surface area contributed by atoms with Crippen LogP contribution < -0.4 is 0 Å². The summed E-state index contributed by atoms with van der Waals surface area (Å²) < 4.78 is 4.72. The highest BCUT2D eigenvalue weighted by Gasteiger charge is 2.34. The van der Waals surface area contributed by atoms with Crippen LogP contribution in [0.2, 0.25) is 0 Å². The molecule has 0 aromatic heterocycles. The number of hydrogen-bond acceptors (Lipinski definition) is 4. The fourth-order valence-electron chi connectivity index (χ4n) is 0.842. The van der Waals surface area contributed by atoms with Gasteiger partial charge in [-0.2, -0.15) is 5.26 Å². The first-order chi connectivity index (χ1) is 6.10. The molecule has 0 bridgehead atoms. The zero-order valence-electron chi connectivity index (χ0n) is 7.87. The predicted octanol–water partition coefficient (Wildman–Crippen LogP) is 1.06. The Hall–Kier alpha value is -1.37. The Morgan fingerprint density at radius 3 is 2.69 bits per heavy atom. The van der Waals surface area contributed by atoms with Crippen molar-refractivity contribution in [3.05, 3.63) is 0 Å². The van der Waals surface area contributed by atoms with Crippen molar-refractivity contribution < 1.29 is 14.3 Å². The van der Waals surface area contributed by atoms with Crippen LogP contribution in [-0.4, -0.2) is 18.9 Å². The Labute approximate surface area is 77.5 Å². The summed E-state index contributed by atoms with van der Waals surface area (Å²) in [6.07, 6.45) is 1.10. The highest BCUT2D eigenvalue weighted by molar-refractivity contribution is 5.79. The first-order valence-corrected chi connectivity index (χ1v) is 4.13. The van der Waals surface area contributed by atoms with Gasteiger partial charge in [-0.1, -0.05) is 0 Å². The standard InChI is InChI=1S/C9H13NO3/c1-3-13-8(12)9(2,7-10)5-4-6-11/h6H,3-5H2,1-2H3. The van der Waals surface area contributed by atoms with Crippen LogP contribution in [-0.2, 0) is 14.3 Å². The van der Waals surface area contributed by atoms with E-state index in [0.29, 0.717) is 6.29 Å². The summed E-state index contributed by atoms with van der Waals surface area (Å²) >= 11 is 0. The van der Waals surface area contributed by atoms with Gasteiger partial charge in [-0.3, -0.25) is 4.79 Å². The summed E-state index contributed by atoms with van der Waals surface area (Å²) in [7, 11) is 0. The van der Waals surface area contributed by atoms with Gasteiger partial charge in [0.25, 0.3) is 0 Å². The van der Waals surface area contributed by atoms with Crippen LogP contribution in [0.3, 0.4) is 0 Å².